The van der Waals surface area contributed by atoms with Gasteiger partial charge in [0.05, 0.1) is 5.69 Å². The predicted octanol–water partition coefficient (Wildman–Crippen LogP) is 3.08. The normalized spacial score (nSPS) is 11.1. The Hall–Kier alpha value is -1.77. The van der Waals surface area contributed by atoms with Gasteiger partial charge in [0.1, 0.15) is 0 Å². The van der Waals surface area contributed by atoms with Gasteiger partial charge in [0.25, 0.3) is 0 Å². The van der Waals surface area contributed by atoms with E-state index in [1.165, 1.54) is 0 Å². The van der Waals surface area contributed by atoms with Crippen molar-refractivity contribution in [2.75, 3.05) is 0 Å². The van der Waals surface area contributed by atoms with Crippen LogP contribution in [0.2, 0.25) is 0 Å². The molecule has 0 bridgehead atoms. The Morgan fingerprint density at radius 3 is 2.65 bits per heavy atom. The van der Waals surface area contributed by atoms with E-state index in [4.69, 9.17) is 0 Å². The molecule has 0 spiro atoms. The fourth-order valence-corrected chi connectivity index (χ4v) is 1.98. The second-order valence-electron chi connectivity index (χ2n) is 4.79. The molecule has 0 unspecified atom stereocenters. The first-order valence-corrected chi connectivity index (χ1v) is 5.92. The molecular weight excluding hydrogens is 212 g/mol. The zero-order chi connectivity index (χ0) is 12.4. The molecule has 1 aromatic heterocycles. The number of hydrogen-bond donors (Lipinski definition) is 1. The van der Waals surface area contributed by atoms with Crippen molar-refractivity contribution in [1.29, 1.82) is 0 Å². The molecule has 0 aliphatic rings. The summed E-state index contributed by atoms with van der Waals surface area (Å²) in [5.74, 6) is 0.623. The van der Waals surface area contributed by atoms with E-state index in [2.05, 4.69) is 18.9 Å². The van der Waals surface area contributed by atoms with Crippen LogP contribution in [0.4, 0.5) is 0 Å². The first-order valence-electron chi connectivity index (χ1n) is 5.92. The molecule has 1 N–H and O–H groups in total. The maximum absolute atomic E-state index is 9.57. The number of benzene rings is 1. The molecule has 2 rings (SSSR count). The molecule has 0 fully saturated rings. The summed E-state index contributed by atoms with van der Waals surface area (Å²) in [6.07, 6.45) is 0.905. The third-order valence-electron chi connectivity index (χ3n) is 2.73. The smallest absolute Gasteiger partial charge is 0.230 e. The first kappa shape index (κ1) is 11.7. The van der Waals surface area contributed by atoms with Gasteiger partial charge in [-0.2, -0.15) is 0 Å². The minimum Gasteiger partial charge on any atom is -0.492 e. The topological polar surface area (TPSA) is 38.0 Å². The summed E-state index contributed by atoms with van der Waals surface area (Å²) >= 11 is 0. The summed E-state index contributed by atoms with van der Waals surface area (Å²) in [4.78, 5) is 0. The second-order valence-corrected chi connectivity index (χ2v) is 4.79. The molecule has 2 aromatic rings. The van der Waals surface area contributed by atoms with Crippen molar-refractivity contribution in [3.63, 3.8) is 0 Å². The highest BCUT2D eigenvalue weighted by Crippen LogP contribution is 2.21. The zero-order valence-electron chi connectivity index (χ0n) is 10.5. The summed E-state index contributed by atoms with van der Waals surface area (Å²) in [7, 11) is 0. The maximum Gasteiger partial charge on any atom is 0.230 e. The lowest BCUT2D eigenvalue weighted by atomic mass is 10.1. The van der Waals surface area contributed by atoms with Crippen molar-refractivity contribution in [2.24, 2.45) is 5.92 Å². The maximum atomic E-state index is 9.57. The van der Waals surface area contributed by atoms with E-state index in [1.807, 2.05) is 35.9 Å². The largest absolute Gasteiger partial charge is 0.492 e. The van der Waals surface area contributed by atoms with E-state index < -0.39 is 0 Å². The predicted molar refractivity (Wildman–Crippen MR) is 68.5 cm³/mol. The molecule has 0 aliphatic heterocycles. The Kier molecular flexibility index (Phi) is 3.18. The van der Waals surface area contributed by atoms with E-state index in [-0.39, 0.29) is 5.88 Å². The van der Waals surface area contributed by atoms with Crippen LogP contribution in [0.25, 0.3) is 5.69 Å². The highest BCUT2D eigenvalue weighted by atomic mass is 16.3. The molecule has 90 valence electrons. The molecule has 3 nitrogen and oxygen atoms in total. The van der Waals surface area contributed by atoms with Gasteiger partial charge in [-0.05, 0) is 30.9 Å². The number of aromatic hydroxyl groups is 1. The summed E-state index contributed by atoms with van der Waals surface area (Å²) in [6, 6.07) is 9.80. The van der Waals surface area contributed by atoms with E-state index in [9.17, 15) is 5.11 Å². The standard InChI is InChI=1S/C14H18N2O/c1-10(2)8-12-9-14(17)15-16(12)13-7-5-4-6-11(13)3/h4-7,9-10H,8H2,1-3H3,(H,15,17). The van der Waals surface area contributed by atoms with Crippen molar-refractivity contribution in [3.8, 4) is 11.6 Å². The molecule has 0 saturated heterocycles. The first-order chi connectivity index (χ1) is 8.08. The molecule has 3 heteroatoms. The third kappa shape index (κ3) is 2.49. The average molecular weight is 230 g/mol. The minimum atomic E-state index is 0.0869. The van der Waals surface area contributed by atoms with E-state index in [0.29, 0.717) is 5.92 Å². The van der Waals surface area contributed by atoms with Crippen LogP contribution in [0, 0.1) is 12.8 Å². The molecular formula is C14H18N2O. The van der Waals surface area contributed by atoms with Gasteiger partial charge < -0.3 is 5.11 Å². The van der Waals surface area contributed by atoms with Gasteiger partial charge in [-0.15, -0.1) is 5.10 Å². The number of para-hydroxylation sites is 1. The van der Waals surface area contributed by atoms with Gasteiger partial charge in [0.15, 0.2) is 0 Å². The lowest BCUT2D eigenvalue weighted by Gasteiger charge is -2.11. The van der Waals surface area contributed by atoms with Crippen molar-refractivity contribution in [2.45, 2.75) is 27.2 Å². The van der Waals surface area contributed by atoms with E-state index in [0.717, 1.165) is 23.4 Å². The SMILES string of the molecule is Cc1ccccc1-n1nc(O)cc1CC(C)C. The monoisotopic (exact) mass is 230 g/mol. The van der Waals surface area contributed by atoms with Gasteiger partial charge >= 0.3 is 0 Å². The molecule has 0 atom stereocenters. The highest BCUT2D eigenvalue weighted by molar-refractivity contribution is 5.41. The molecule has 0 radical (unpaired) electrons. The minimum absolute atomic E-state index is 0.0869. The molecule has 0 saturated carbocycles. The Morgan fingerprint density at radius 2 is 2.00 bits per heavy atom. The van der Waals surface area contributed by atoms with Gasteiger partial charge in [-0.1, -0.05) is 32.0 Å². The number of rotatable bonds is 3. The molecule has 1 aromatic carbocycles. The van der Waals surface area contributed by atoms with Gasteiger partial charge in [-0.25, -0.2) is 4.68 Å². The van der Waals surface area contributed by atoms with Crippen molar-refractivity contribution in [3.05, 3.63) is 41.6 Å². The summed E-state index contributed by atoms with van der Waals surface area (Å²) in [5.41, 5.74) is 3.23. The highest BCUT2D eigenvalue weighted by Gasteiger charge is 2.11. The van der Waals surface area contributed by atoms with E-state index in [1.54, 1.807) is 6.07 Å². The Bertz CT molecular complexity index is 515. The summed E-state index contributed by atoms with van der Waals surface area (Å²) < 4.78 is 1.84. The van der Waals surface area contributed by atoms with Crippen LogP contribution in [-0.4, -0.2) is 14.9 Å². The van der Waals surface area contributed by atoms with Gasteiger partial charge in [0, 0.05) is 11.8 Å². The fraction of sp³-hybridized carbons (Fsp3) is 0.357. The Labute approximate surface area is 102 Å². The Morgan fingerprint density at radius 1 is 1.29 bits per heavy atom. The zero-order valence-corrected chi connectivity index (χ0v) is 10.5. The van der Waals surface area contributed by atoms with Crippen LogP contribution < -0.4 is 0 Å². The lowest BCUT2D eigenvalue weighted by Crippen LogP contribution is -2.06. The van der Waals surface area contributed by atoms with Crippen LogP contribution in [0.3, 0.4) is 0 Å². The number of aryl methyl sites for hydroxylation is 1. The fourth-order valence-electron chi connectivity index (χ4n) is 1.98. The van der Waals surface area contributed by atoms with Crippen molar-refractivity contribution < 1.29 is 5.11 Å². The second kappa shape index (κ2) is 4.62. The van der Waals surface area contributed by atoms with Crippen LogP contribution in [0.5, 0.6) is 5.88 Å². The van der Waals surface area contributed by atoms with Crippen LogP contribution in [0.1, 0.15) is 25.1 Å². The molecule has 17 heavy (non-hydrogen) atoms. The van der Waals surface area contributed by atoms with Crippen molar-refractivity contribution in [1.82, 2.24) is 9.78 Å². The van der Waals surface area contributed by atoms with Crippen molar-refractivity contribution >= 4 is 0 Å². The lowest BCUT2D eigenvalue weighted by molar-refractivity contribution is 0.447. The molecule has 1 heterocycles. The summed E-state index contributed by atoms with van der Waals surface area (Å²) in [5, 5.41) is 13.7. The van der Waals surface area contributed by atoms with Crippen LogP contribution in [-0.2, 0) is 6.42 Å². The number of aromatic nitrogens is 2. The molecule has 0 amide bonds. The number of hydrogen-bond acceptors (Lipinski definition) is 2. The Balaban J connectivity index is 2.48. The quantitative estimate of drug-likeness (QED) is 0.880. The van der Waals surface area contributed by atoms with Crippen LogP contribution >= 0.6 is 0 Å². The summed E-state index contributed by atoms with van der Waals surface area (Å²) in [6.45, 7) is 6.37. The van der Waals surface area contributed by atoms with E-state index >= 15 is 0 Å². The molecule has 0 aliphatic carbocycles. The average Bonchev–Trinajstić information content (AvgIpc) is 2.59. The van der Waals surface area contributed by atoms with Gasteiger partial charge in [0.2, 0.25) is 5.88 Å². The number of nitrogens with zero attached hydrogens (tertiary/aromatic N) is 2. The van der Waals surface area contributed by atoms with Crippen LogP contribution in [0.15, 0.2) is 30.3 Å². The third-order valence-corrected chi connectivity index (χ3v) is 2.73. The van der Waals surface area contributed by atoms with Gasteiger partial charge in [-0.3, -0.25) is 0 Å².